The van der Waals surface area contributed by atoms with Crippen molar-refractivity contribution in [3.05, 3.63) is 70.2 Å². The summed E-state index contributed by atoms with van der Waals surface area (Å²) in [6.07, 6.45) is -0.517. The number of carbonyl (C=O) groups is 2. The highest BCUT2D eigenvalue weighted by atomic mass is 35.5. The monoisotopic (exact) mass is 492 g/mol. The van der Waals surface area contributed by atoms with Crippen LogP contribution in [0, 0.1) is 22.7 Å². The Morgan fingerprint density at radius 3 is 2.26 bits per heavy atom. The first-order valence-corrected chi connectivity index (χ1v) is 11.0. The molecule has 0 aliphatic rings. The Bertz CT molecular complexity index is 1330. The minimum Gasteiger partial charge on any atom is -0.497 e. The van der Waals surface area contributed by atoms with Crippen molar-refractivity contribution in [2.75, 3.05) is 12.8 Å². The molecule has 0 fully saturated rings. The number of nitrogens with two attached hydrogens (primary N) is 1. The molecule has 3 rings (SSSR count). The maximum Gasteiger partial charge on any atom is 0.304 e. The second-order valence-electron chi connectivity index (χ2n) is 6.95. The van der Waals surface area contributed by atoms with Gasteiger partial charge in [0.2, 0.25) is 0 Å². The van der Waals surface area contributed by atoms with Gasteiger partial charge in [-0.05, 0) is 42.0 Å². The molecule has 3 N–H and O–H groups in total. The number of ketones is 1. The standard InChI is InChI=1S/C24H17ClN4O4S/c1-33-16-8-4-13(5-9-16)21-17(11-26)23(28)29-24(18(21)12-27)34-19(10-20(30)31)22(32)14-2-6-15(25)7-3-14/h2-9,19H,10H2,1H3,(H2,28,29)(H,30,31). The molecule has 34 heavy (non-hydrogen) atoms. The Hall–Kier alpha value is -4.05. The fraction of sp³-hybridized carbons (Fsp3) is 0.125. The van der Waals surface area contributed by atoms with E-state index in [-0.39, 0.29) is 33.1 Å². The average Bonchev–Trinajstić information content (AvgIpc) is 2.83. The highest BCUT2D eigenvalue weighted by Crippen LogP contribution is 2.38. The largest absolute Gasteiger partial charge is 0.497 e. The van der Waals surface area contributed by atoms with E-state index < -0.39 is 23.4 Å². The molecule has 1 heterocycles. The number of nitriles is 2. The molecule has 0 saturated carbocycles. The third kappa shape index (κ3) is 5.29. The highest BCUT2D eigenvalue weighted by Gasteiger charge is 2.28. The van der Waals surface area contributed by atoms with E-state index in [1.165, 1.54) is 31.4 Å². The van der Waals surface area contributed by atoms with Gasteiger partial charge in [0.05, 0.1) is 24.3 Å². The number of thioether (sulfide) groups is 1. The fourth-order valence-electron chi connectivity index (χ4n) is 3.21. The number of Topliss-reactive ketones (excluding diaryl/α,β-unsaturated/α-hetero) is 1. The number of carbonyl (C=O) groups excluding carboxylic acids is 1. The van der Waals surface area contributed by atoms with Crippen LogP contribution in [-0.2, 0) is 4.79 Å². The number of ether oxygens (including phenoxy) is 1. The first-order chi connectivity index (χ1) is 16.3. The Morgan fingerprint density at radius 2 is 1.74 bits per heavy atom. The topological polar surface area (TPSA) is 150 Å². The molecular formula is C24H17ClN4O4S. The van der Waals surface area contributed by atoms with Crippen molar-refractivity contribution < 1.29 is 19.4 Å². The summed E-state index contributed by atoms with van der Waals surface area (Å²) in [6.45, 7) is 0. The van der Waals surface area contributed by atoms with Crippen molar-refractivity contribution in [1.29, 1.82) is 10.5 Å². The van der Waals surface area contributed by atoms with Gasteiger partial charge in [-0.1, -0.05) is 35.5 Å². The maximum atomic E-state index is 13.1. The number of carboxylic acids is 1. The molecular weight excluding hydrogens is 476 g/mol. The van der Waals surface area contributed by atoms with Gasteiger partial charge in [0.1, 0.15) is 34.3 Å². The number of aromatic nitrogens is 1. The molecule has 0 spiro atoms. The van der Waals surface area contributed by atoms with E-state index in [0.717, 1.165) is 11.8 Å². The van der Waals surface area contributed by atoms with Gasteiger partial charge in [-0.3, -0.25) is 9.59 Å². The van der Waals surface area contributed by atoms with Crippen LogP contribution in [0.4, 0.5) is 5.82 Å². The average molecular weight is 493 g/mol. The summed E-state index contributed by atoms with van der Waals surface area (Å²) in [4.78, 5) is 28.8. The minimum atomic E-state index is -1.20. The quantitative estimate of drug-likeness (QED) is 0.340. The smallest absolute Gasteiger partial charge is 0.304 e. The van der Waals surface area contributed by atoms with E-state index in [1.54, 1.807) is 24.3 Å². The number of aliphatic carboxylic acids is 1. The Morgan fingerprint density at radius 1 is 1.12 bits per heavy atom. The molecule has 0 saturated heterocycles. The highest BCUT2D eigenvalue weighted by molar-refractivity contribution is 8.00. The van der Waals surface area contributed by atoms with Crippen molar-refractivity contribution in [2.45, 2.75) is 16.7 Å². The van der Waals surface area contributed by atoms with Crippen molar-refractivity contribution >= 4 is 40.9 Å². The van der Waals surface area contributed by atoms with E-state index in [0.29, 0.717) is 16.3 Å². The fourth-order valence-corrected chi connectivity index (χ4v) is 4.49. The first kappa shape index (κ1) is 24.6. The van der Waals surface area contributed by atoms with Crippen molar-refractivity contribution in [3.8, 4) is 29.0 Å². The van der Waals surface area contributed by atoms with Gasteiger partial charge in [-0.2, -0.15) is 10.5 Å². The molecule has 170 valence electrons. The van der Waals surface area contributed by atoms with Crippen LogP contribution < -0.4 is 10.5 Å². The number of carboxylic acid groups (broad SMARTS) is 1. The zero-order valence-corrected chi connectivity index (χ0v) is 19.4. The Balaban J connectivity index is 2.13. The van der Waals surface area contributed by atoms with Crippen LogP contribution in [0.5, 0.6) is 5.75 Å². The molecule has 1 unspecified atom stereocenters. The molecule has 0 radical (unpaired) electrons. The number of nitrogen functional groups attached to an aromatic ring is 1. The zero-order chi connectivity index (χ0) is 24.8. The molecule has 2 aromatic carbocycles. The van der Waals surface area contributed by atoms with Crippen LogP contribution in [0.3, 0.4) is 0 Å². The van der Waals surface area contributed by atoms with Crippen molar-refractivity contribution in [1.82, 2.24) is 4.98 Å². The van der Waals surface area contributed by atoms with Crippen LogP contribution in [0.25, 0.3) is 11.1 Å². The maximum absolute atomic E-state index is 13.1. The molecule has 0 aliphatic carbocycles. The summed E-state index contributed by atoms with van der Waals surface area (Å²) < 4.78 is 5.16. The lowest BCUT2D eigenvalue weighted by Gasteiger charge is -2.17. The summed E-state index contributed by atoms with van der Waals surface area (Å²) in [7, 11) is 1.51. The molecule has 10 heteroatoms. The molecule has 1 atom stereocenters. The molecule has 3 aromatic rings. The minimum absolute atomic E-state index is 0.00452. The lowest BCUT2D eigenvalue weighted by atomic mass is 9.97. The third-order valence-corrected chi connectivity index (χ3v) is 6.27. The summed E-state index contributed by atoms with van der Waals surface area (Å²) >= 11 is 6.70. The predicted molar refractivity (Wildman–Crippen MR) is 128 cm³/mol. The first-order valence-electron chi connectivity index (χ1n) is 9.75. The van der Waals surface area contributed by atoms with Crippen molar-refractivity contribution in [2.24, 2.45) is 0 Å². The Labute approximate surface area is 204 Å². The molecule has 0 amide bonds. The van der Waals surface area contributed by atoms with Crippen molar-refractivity contribution in [3.63, 3.8) is 0 Å². The Kier molecular flexibility index (Phi) is 7.75. The van der Waals surface area contributed by atoms with E-state index in [2.05, 4.69) is 4.98 Å². The number of methoxy groups -OCH3 is 1. The van der Waals surface area contributed by atoms with Gasteiger partial charge in [0.15, 0.2) is 5.78 Å². The van der Waals surface area contributed by atoms with E-state index in [9.17, 15) is 25.2 Å². The van der Waals surface area contributed by atoms with Gasteiger partial charge in [-0.25, -0.2) is 4.98 Å². The molecule has 0 aliphatic heterocycles. The van der Waals surface area contributed by atoms with E-state index in [4.69, 9.17) is 22.1 Å². The van der Waals surface area contributed by atoms with Crippen LogP contribution in [0.15, 0.2) is 53.6 Å². The van der Waals surface area contributed by atoms with E-state index in [1.807, 2.05) is 12.1 Å². The summed E-state index contributed by atoms with van der Waals surface area (Å²) in [5, 5.41) is 28.4. The number of anilines is 1. The third-order valence-electron chi connectivity index (χ3n) is 4.83. The summed E-state index contributed by atoms with van der Waals surface area (Å²) in [5.74, 6) is -1.23. The normalized spacial score (nSPS) is 11.2. The summed E-state index contributed by atoms with van der Waals surface area (Å²) in [5.41, 5.74) is 7.08. The van der Waals surface area contributed by atoms with Crippen LogP contribution in [0.1, 0.15) is 27.9 Å². The van der Waals surface area contributed by atoms with Crippen LogP contribution >= 0.6 is 23.4 Å². The number of pyridine rings is 1. The number of hydrogen-bond donors (Lipinski definition) is 2. The summed E-state index contributed by atoms with van der Waals surface area (Å²) in [6, 6.07) is 16.7. The van der Waals surface area contributed by atoms with Gasteiger partial charge in [0, 0.05) is 16.1 Å². The van der Waals surface area contributed by atoms with Crippen LogP contribution in [0.2, 0.25) is 5.02 Å². The zero-order valence-electron chi connectivity index (χ0n) is 17.8. The SMILES string of the molecule is COc1ccc(-c2c(C#N)c(N)nc(SC(CC(=O)O)C(=O)c3ccc(Cl)cc3)c2C#N)cc1. The number of hydrogen-bond acceptors (Lipinski definition) is 8. The number of nitrogens with zero attached hydrogens (tertiary/aromatic N) is 3. The van der Waals surface area contributed by atoms with Gasteiger partial charge in [0.25, 0.3) is 0 Å². The van der Waals surface area contributed by atoms with Gasteiger partial charge in [-0.15, -0.1) is 0 Å². The van der Waals surface area contributed by atoms with Gasteiger partial charge < -0.3 is 15.6 Å². The van der Waals surface area contributed by atoms with Crippen LogP contribution in [-0.4, -0.2) is 34.2 Å². The van der Waals surface area contributed by atoms with E-state index >= 15 is 0 Å². The number of halogens is 1. The number of rotatable bonds is 8. The lowest BCUT2D eigenvalue weighted by Crippen LogP contribution is -2.22. The second kappa shape index (κ2) is 10.7. The van der Waals surface area contributed by atoms with Gasteiger partial charge >= 0.3 is 5.97 Å². The molecule has 1 aromatic heterocycles. The molecule has 8 nitrogen and oxygen atoms in total. The predicted octanol–water partition coefficient (Wildman–Crippen LogP) is 4.55. The second-order valence-corrected chi connectivity index (χ2v) is 8.58. The lowest BCUT2D eigenvalue weighted by molar-refractivity contribution is -0.136. The molecule has 0 bridgehead atoms. The number of benzene rings is 2.